The number of ether oxygens (including phenoxy) is 2. The van der Waals surface area contributed by atoms with Gasteiger partial charge >= 0.3 is 0 Å². The molecule has 0 aromatic heterocycles. The summed E-state index contributed by atoms with van der Waals surface area (Å²) in [6.07, 6.45) is 0. The van der Waals surface area contributed by atoms with E-state index in [0.717, 1.165) is 11.1 Å². The summed E-state index contributed by atoms with van der Waals surface area (Å²) in [5, 5.41) is 0. The van der Waals surface area contributed by atoms with Crippen molar-refractivity contribution in [1.29, 1.82) is 0 Å². The largest absolute Gasteiger partial charge is 0.495 e. The second kappa shape index (κ2) is 4.87. The summed E-state index contributed by atoms with van der Waals surface area (Å²) in [6, 6.07) is 11.3. The van der Waals surface area contributed by atoms with Crippen LogP contribution in [0, 0.1) is 0 Å². The molecule has 0 saturated heterocycles. The zero-order valence-corrected chi connectivity index (χ0v) is 10.4. The van der Waals surface area contributed by atoms with Gasteiger partial charge in [0.1, 0.15) is 11.5 Å². The van der Waals surface area contributed by atoms with Crippen LogP contribution < -0.4 is 20.9 Å². The van der Waals surface area contributed by atoms with Gasteiger partial charge in [-0.3, -0.25) is 0 Å². The Morgan fingerprint density at radius 1 is 0.722 bits per heavy atom. The molecule has 94 valence electrons. The molecular weight excluding hydrogens is 228 g/mol. The third-order valence-corrected chi connectivity index (χ3v) is 2.80. The van der Waals surface area contributed by atoms with Crippen molar-refractivity contribution in [3.8, 4) is 22.6 Å². The van der Waals surface area contributed by atoms with Gasteiger partial charge in [-0.25, -0.2) is 0 Å². The van der Waals surface area contributed by atoms with Crippen LogP contribution in [0.4, 0.5) is 11.4 Å². The van der Waals surface area contributed by atoms with E-state index >= 15 is 0 Å². The molecule has 0 radical (unpaired) electrons. The van der Waals surface area contributed by atoms with Crippen molar-refractivity contribution in [2.75, 3.05) is 25.7 Å². The molecule has 0 aliphatic heterocycles. The lowest BCUT2D eigenvalue weighted by Gasteiger charge is -2.10. The smallest absolute Gasteiger partial charge is 0.142 e. The predicted octanol–water partition coefficient (Wildman–Crippen LogP) is 2.54. The Labute approximate surface area is 106 Å². The van der Waals surface area contributed by atoms with Gasteiger partial charge in [0.2, 0.25) is 0 Å². The molecule has 0 aliphatic rings. The quantitative estimate of drug-likeness (QED) is 0.814. The molecule has 0 unspecified atom stereocenters. The van der Waals surface area contributed by atoms with Gasteiger partial charge < -0.3 is 20.9 Å². The molecule has 0 heterocycles. The van der Waals surface area contributed by atoms with Gasteiger partial charge in [-0.2, -0.15) is 0 Å². The van der Waals surface area contributed by atoms with Gasteiger partial charge in [0.15, 0.2) is 0 Å². The molecule has 0 atom stereocenters. The van der Waals surface area contributed by atoms with E-state index in [2.05, 4.69) is 0 Å². The van der Waals surface area contributed by atoms with Gasteiger partial charge in [-0.15, -0.1) is 0 Å². The van der Waals surface area contributed by atoms with Crippen LogP contribution in [-0.4, -0.2) is 14.2 Å². The summed E-state index contributed by atoms with van der Waals surface area (Å²) < 4.78 is 10.3. The van der Waals surface area contributed by atoms with Crippen LogP contribution in [0.3, 0.4) is 0 Å². The molecule has 4 N–H and O–H groups in total. The Morgan fingerprint density at radius 2 is 1.33 bits per heavy atom. The Morgan fingerprint density at radius 3 is 1.94 bits per heavy atom. The number of benzene rings is 2. The Balaban J connectivity index is 2.45. The third-order valence-electron chi connectivity index (χ3n) is 2.80. The third kappa shape index (κ3) is 2.18. The second-order valence-electron chi connectivity index (χ2n) is 3.91. The van der Waals surface area contributed by atoms with E-state index in [9.17, 15) is 0 Å². The average Bonchev–Trinajstić information content (AvgIpc) is 2.39. The number of hydrogen-bond donors (Lipinski definition) is 2. The molecule has 0 bridgehead atoms. The van der Waals surface area contributed by atoms with Crippen LogP contribution >= 0.6 is 0 Å². The molecule has 0 fully saturated rings. The van der Waals surface area contributed by atoms with Crippen molar-refractivity contribution < 1.29 is 9.47 Å². The Hall–Kier alpha value is -2.36. The maximum atomic E-state index is 5.89. The van der Waals surface area contributed by atoms with E-state index in [-0.39, 0.29) is 0 Å². The summed E-state index contributed by atoms with van der Waals surface area (Å²) in [4.78, 5) is 0. The molecule has 2 rings (SSSR count). The first kappa shape index (κ1) is 12.1. The predicted molar refractivity (Wildman–Crippen MR) is 73.8 cm³/mol. The van der Waals surface area contributed by atoms with Crippen molar-refractivity contribution in [2.45, 2.75) is 0 Å². The van der Waals surface area contributed by atoms with Crippen LogP contribution in [-0.2, 0) is 0 Å². The minimum absolute atomic E-state index is 0.603. The summed E-state index contributed by atoms with van der Waals surface area (Å²) in [7, 11) is 3.19. The average molecular weight is 244 g/mol. The molecular formula is C14H16N2O2. The van der Waals surface area contributed by atoms with Crippen molar-refractivity contribution in [3.63, 3.8) is 0 Å². The standard InChI is InChI=1S/C14H16N2O2/c1-17-13-6-4-9(7-12(13)16)10-3-5-11(15)14(8-10)18-2/h3-8H,15-16H2,1-2H3. The summed E-state index contributed by atoms with van der Waals surface area (Å²) in [6.45, 7) is 0. The number of nitrogens with two attached hydrogens (primary N) is 2. The molecule has 4 heteroatoms. The fraction of sp³-hybridized carbons (Fsp3) is 0.143. The van der Waals surface area contributed by atoms with Gasteiger partial charge in [0.25, 0.3) is 0 Å². The SMILES string of the molecule is COc1ccc(-c2ccc(N)c(OC)c2)cc1N. The van der Waals surface area contributed by atoms with E-state index in [1.165, 1.54) is 0 Å². The number of nitrogen functional groups attached to an aromatic ring is 2. The van der Waals surface area contributed by atoms with E-state index in [4.69, 9.17) is 20.9 Å². The molecule has 2 aromatic carbocycles. The first-order valence-electron chi connectivity index (χ1n) is 5.53. The number of methoxy groups -OCH3 is 2. The molecule has 0 spiro atoms. The lowest BCUT2D eigenvalue weighted by molar-refractivity contribution is 0.417. The Bertz CT molecular complexity index is 568. The highest BCUT2D eigenvalue weighted by atomic mass is 16.5. The minimum Gasteiger partial charge on any atom is -0.495 e. The molecule has 0 amide bonds. The highest BCUT2D eigenvalue weighted by molar-refractivity contribution is 5.74. The topological polar surface area (TPSA) is 70.5 Å². The highest BCUT2D eigenvalue weighted by Gasteiger charge is 2.06. The van der Waals surface area contributed by atoms with E-state index in [0.29, 0.717) is 22.9 Å². The molecule has 4 nitrogen and oxygen atoms in total. The maximum Gasteiger partial charge on any atom is 0.142 e. The van der Waals surface area contributed by atoms with Crippen molar-refractivity contribution >= 4 is 11.4 Å². The number of anilines is 2. The van der Waals surface area contributed by atoms with Crippen LogP contribution in [0.1, 0.15) is 0 Å². The van der Waals surface area contributed by atoms with E-state index in [1.807, 2.05) is 36.4 Å². The second-order valence-corrected chi connectivity index (χ2v) is 3.91. The fourth-order valence-corrected chi connectivity index (χ4v) is 1.80. The lowest BCUT2D eigenvalue weighted by Crippen LogP contribution is -1.94. The maximum absolute atomic E-state index is 5.89. The molecule has 18 heavy (non-hydrogen) atoms. The molecule has 0 aliphatic carbocycles. The first-order chi connectivity index (χ1) is 8.65. The van der Waals surface area contributed by atoms with Crippen LogP contribution in [0.15, 0.2) is 36.4 Å². The van der Waals surface area contributed by atoms with Crippen LogP contribution in [0.5, 0.6) is 11.5 Å². The summed E-state index contributed by atoms with van der Waals surface area (Å²) in [5.41, 5.74) is 14.9. The van der Waals surface area contributed by atoms with E-state index in [1.54, 1.807) is 14.2 Å². The van der Waals surface area contributed by atoms with Crippen LogP contribution in [0.25, 0.3) is 11.1 Å². The van der Waals surface area contributed by atoms with E-state index < -0.39 is 0 Å². The monoisotopic (exact) mass is 244 g/mol. The highest BCUT2D eigenvalue weighted by Crippen LogP contribution is 2.32. The number of rotatable bonds is 3. The van der Waals surface area contributed by atoms with Gasteiger partial charge in [0, 0.05) is 0 Å². The first-order valence-corrected chi connectivity index (χ1v) is 5.53. The van der Waals surface area contributed by atoms with Crippen LogP contribution in [0.2, 0.25) is 0 Å². The molecule has 2 aromatic rings. The zero-order chi connectivity index (χ0) is 13.1. The van der Waals surface area contributed by atoms with Crippen molar-refractivity contribution in [1.82, 2.24) is 0 Å². The summed E-state index contributed by atoms with van der Waals surface area (Å²) >= 11 is 0. The summed E-state index contributed by atoms with van der Waals surface area (Å²) in [5.74, 6) is 1.32. The van der Waals surface area contributed by atoms with Gasteiger partial charge in [0.05, 0.1) is 25.6 Å². The van der Waals surface area contributed by atoms with Gasteiger partial charge in [-0.05, 0) is 35.4 Å². The fourth-order valence-electron chi connectivity index (χ4n) is 1.80. The lowest BCUT2D eigenvalue weighted by atomic mass is 10.0. The number of hydrogen-bond acceptors (Lipinski definition) is 4. The van der Waals surface area contributed by atoms with Crippen molar-refractivity contribution in [3.05, 3.63) is 36.4 Å². The molecule has 0 saturated carbocycles. The normalized spacial score (nSPS) is 10.1. The van der Waals surface area contributed by atoms with Gasteiger partial charge in [-0.1, -0.05) is 12.1 Å². The zero-order valence-electron chi connectivity index (χ0n) is 10.4. The van der Waals surface area contributed by atoms with Crippen molar-refractivity contribution in [2.24, 2.45) is 0 Å². The Kier molecular flexibility index (Phi) is 3.28. The minimum atomic E-state index is 0.603.